The zero-order valence-electron chi connectivity index (χ0n) is 42.6. The number of benzene rings is 12. The number of fused-ring (bicyclic) bond motifs is 7. The topological polar surface area (TPSA) is 24.1 Å². The van der Waals surface area contributed by atoms with E-state index in [2.05, 4.69) is 304 Å². The first-order chi connectivity index (χ1) is 37.4. The zero-order valence-corrected chi connectivity index (χ0v) is 42.6. The van der Waals surface area contributed by atoms with Crippen molar-refractivity contribution >= 4 is 33.5 Å². The maximum atomic E-state index is 3.67. The summed E-state index contributed by atoms with van der Waals surface area (Å²) >= 11 is 0. The molecule has 76 heavy (non-hydrogen) atoms. The van der Waals surface area contributed by atoms with Crippen LogP contribution in [0.4, 0.5) is 22.7 Å². The third-order valence-electron chi connectivity index (χ3n) is 16.4. The van der Waals surface area contributed by atoms with Gasteiger partial charge in [-0.05, 0) is 172 Å². The lowest BCUT2D eigenvalue weighted by Gasteiger charge is -2.34. The third-order valence-corrected chi connectivity index (χ3v) is 16.4. The second-order valence-electron chi connectivity index (χ2n) is 21.0. The Bertz CT molecular complexity index is 4100. The molecule has 0 heterocycles. The van der Waals surface area contributed by atoms with Crippen molar-refractivity contribution in [1.82, 2.24) is 0 Å². The van der Waals surface area contributed by atoms with Gasteiger partial charge >= 0.3 is 0 Å². The van der Waals surface area contributed by atoms with Gasteiger partial charge in [-0.3, -0.25) is 0 Å². The minimum absolute atomic E-state index is 0.0176. The van der Waals surface area contributed by atoms with Crippen molar-refractivity contribution in [2.75, 3.05) is 10.6 Å². The van der Waals surface area contributed by atoms with Crippen LogP contribution in [0.2, 0.25) is 0 Å². The van der Waals surface area contributed by atoms with Gasteiger partial charge in [-0.15, -0.1) is 0 Å². The van der Waals surface area contributed by atoms with Crippen LogP contribution in [0, 0.1) is 0 Å². The smallest absolute Gasteiger partial charge is 0.0713 e. The average molecular weight is 971 g/mol. The molecule has 0 saturated heterocycles. The van der Waals surface area contributed by atoms with Crippen LogP contribution >= 0.6 is 0 Å². The minimum Gasteiger partial charge on any atom is -0.356 e. The largest absolute Gasteiger partial charge is 0.356 e. The van der Waals surface area contributed by atoms with Gasteiger partial charge in [-0.2, -0.15) is 0 Å². The van der Waals surface area contributed by atoms with Gasteiger partial charge in [0, 0.05) is 28.2 Å². The molecule has 2 nitrogen and oxygen atoms in total. The molecule has 0 fully saturated rings. The van der Waals surface area contributed by atoms with Crippen molar-refractivity contribution in [1.29, 1.82) is 0 Å². The number of rotatable bonds is 10. The Kier molecular flexibility index (Phi) is 10.8. The molecule has 0 aliphatic heterocycles. The molecule has 0 unspecified atom stereocenters. The Hall–Kier alpha value is -9.50. The van der Waals surface area contributed by atoms with E-state index in [1.165, 1.54) is 111 Å². The molecular formula is C74H54N2. The SMILES string of the molecule is CC1(C)c2ccccc2-c2ccc(-c3ccc(Nc4ccc5c(-c6ccc(-c7ccc(Nc8ccc(-c9ccc%10c(c9)C(c9ccccc9)(c9ccccc9)c9ccccc9-%10)cc8)cc7)cc6)cccc5c4)cc3)cc21. The Morgan fingerprint density at radius 3 is 1.22 bits per heavy atom. The first-order valence-corrected chi connectivity index (χ1v) is 26.5. The van der Waals surface area contributed by atoms with Crippen LogP contribution in [0.5, 0.6) is 0 Å². The highest BCUT2D eigenvalue weighted by Crippen LogP contribution is 2.57. The summed E-state index contributed by atoms with van der Waals surface area (Å²) in [5, 5.41) is 9.75. The summed E-state index contributed by atoms with van der Waals surface area (Å²) in [7, 11) is 0. The fraction of sp³-hybridized carbons (Fsp3) is 0.0541. The van der Waals surface area contributed by atoms with Crippen LogP contribution in [0.1, 0.15) is 47.2 Å². The number of anilines is 4. The van der Waals surface area contributed by atoms with E-state index in [1.54, 1.807) is 0 Å². The Morgan fingerprint density at radius 1 is 0.250 bits per heavy atom. The predicted molar refractivity (Wildman–Crippen MR) is 320 cm³/mol. The maximum absolute atomic E-state index is 3.67. The van der Waals surface area contributed by atoms with Gasteiger partial charge in [0.15, 0.2) is 0 Å². The van der Waals surface area contributed by atoms with Gasteiger partial charge in [0.05, 0.1) is 5.41 Å². The van der Waals surface area contributed by atoms with Crippen molar-refractivity contribution in [2.45, 2.75) is 24.7 Å². The summed E-state index contributed by atoms with van der Waals surface area (Å²) < 4.78 is 0. The monoisotopic (exact) mass is 970 g/mol. The van der Waals surface area contributed by atoms with Crippen LogP contribution in [0.3, 0.4) is 0 Å². The standard InChI is InChI=1S/C74H54N2/c1-73(2)69-22-11-9-19-65(69)67-43-34-54(47-71(67)73)51-32-40-61(41-33-51)76-62-42-45-64-56(46-62)14-13-21-63(64)53-26-24-49(25-27-53)50-28-36-59(37-29-50)75-60-38-30-52(31-39-60)55-35-44-68-66-20-10-12-23-70(66)74(72(68)48-55,57-15-5-3-6-16-57)58-17-7-4-8-18-58/h3-48,75-76H,1-2H3. The van der Waals surface area contributed by atoms with Crippen molar-refractivity contribution in [2.24, 2.45) is 0 Å². The molecule has 2 heteroatoms. The van der Waals surface area contributed by atoms with Crippen molar-refractivity contribution in [3.63, 3.8) is 0 Å². The van der Waals surface area contributed by atoms with Crippen molar-refractivity contribution in [3.8, 4) is 66.8 Å². The lowest BCUT2D eigenvalue weighted by Crippen LogP contribution is -2.28. The first-order valence-electron chi connectivity index (χ1n) is 26.5. The summed E-state index contributed by atoms with van der Waals surface area (Å²) in [4.78, 5) is 0. The van der Waals surface area contributed by atoms with E-state index >= 15 is 0 Å². The Morgan fingerprint density at radius 2 is 0.645 bits per heavy atom. The summed E-state index contributed by atoms with van der Waals surface area (Å²) in [6.07, 6.45) is 0. The summed E-state index contributed by atoms with van der Waals surface area (Å²) in [6.45, 7) is 4.68. The molecule has 0 spiro atoms. The molecule has 2 aliphatic carbocycles. The van der Waals surface area contributed by atoms with E-state index in [0.29, 0.717) is 0 Å². The molecule has 2 aliphatic rings. The molecule has 0 radical (unpaired) electrons. The van der Waals surface area contributed by atoms with E-state index in [4.69, 9.17) is 0 Å². The molecule has 0 aromatic heterocycles. The van der Waals surface area contributed by atoms with Gasteiger partial charge in [0.25, 0.3) is 0 Å². The molecule has 0 saturated carbocycles. The van der Waals surface area contributed by atoms with E-state index in [9.17, 15) is 0 Å². The minimum atomic E-state index is -0.422. The molecule has 0 amide bonds. The number of hydrogen-bond acceptors (Lipinski definition) is 2. The van der Waals surface area contributed by atoms with Crippen LogP contribution in [-0.2, 0) is 10.8 Å². The fourth-order valence-corrected chi connectivity index (χ4v) is 12.5. The highest BCUT2D eigenvalue weighted by atomic mass is 14.9. The van der Waals surface area contributed by atoms with Gasteiger partial charge in [0.2, 0.25) is 0 Å². The summed E-state index contributed by atoms with van der Waals surface area (Å²) in [5.41, 5.74) is 26.7. The molecule has 14 rings (SSSR count). The highest BCUT2D eigenvalue weighted by Gasteiger charge is 2.46. The van der Waals surface area contributed by atoms with Crippen molar-refractivity contribution < 1.29 is 0 Å². The molecular weight excluding hydrogens is 917 g/mol. The van der Waals surface area contributed by atoms with Crippen LogP contribution in [0.25, 0.3) is 77.5 Å². The zero-order chi connectivity index (χ0) is 50.8. The Labute approximate surface area is 445 Å². The summed E-state index contributed by atoms with van der Waals surface area (Å²) in [5.74, 6) is 0. The fourth-order valence-electron chi connectivity index (χ4n) is 12.5. The van der Waals surface area contributed by atoms with E-state index < -0.39 is 5.41 Å². The number of hydrogen-bond donors (Lipinski definition) is 2. The third kappa shape index (κ3) is 7.56. The van der Waals surface area contributed by atoms with Crippen molar-refractivity contribution in [3.05, 3.63) is 312 Å². The quantitative estimate of drug-likeness (QED) is 0.143. The maximum Gasteiger partial charge on any atom is 0.0713 e. The normalized spacial score (nSPS) is 13.3. The predicted octanol–water partition coefficient (Wildman–Crippen LogP) is 19.7. The lowest BCUT2D eigenvalue weighted by atomic mass is 9.67. The van der Waals surface area contributed by atoms with Crippen LogP contribution in [-0.4, -0.2) is 0 Å². The van der Waals surface area contributed by atoms with E-state index in [1.807, 2.05) is 0 Å². The van der Waals surface area contributed by atoms with E-state index in [0.717, 1.165) is 22.7 Å². The molecule has 0 bridgehead atoms. The molecule has 12 aromatic rings. The molecule has 12 aromatic carbocycles. The average Bonchev–Trinajstić information content (AvgIpc) is 3.91. The molecule has 360 valence electrons. The van der Waals surface area contributed by atoms with Gasteiger partial charge in [-0.25, -0.2) is 0 Å². The molecule has 0 atom stereocenters. The molecule has 2 N–H and O–H groups in total. The second-order valence-corrected chi connectivity index (χ2v) is 21.0. The lowest BCUT2D eigenvalue weighted by molar-refractivity contribution is 0.660. The second kappa shape index (κ2) is 18.2. The van der Waals surface area contributed by atoms with E-state index in [-0.39, 0.29) is 5.41 Å². The van der Waals surface area contributed by atoms with Crippen LogP contribution < -0.4 is 10.6 Å². The Balaban J connectivity index is 0.651. The van der Waals surface area contributed by atoms with Gasteiger partial charge in [-0.1, -0.05) is 232 Å². The highest BCUT2D eigenvalue weighted by molar-refractivity contribution is 5.99. The van der Waals surface area contributed by atoms with Gasteiger partial charge < -0.3 is 10.6 Å². The number of nitrogens with one attached hydrogen (secondary N) is 2. The van der Waals surface area contributed by atoms with Crippen LogP contribution in [0.15, 0.2) is 279 Å². The first kappa shape index (κ1) is 45.1. The summed E-state index contributed by atoms with van der Waals surface area (Å²) in [6, 6.07) is 102. The van der Waals surface area contributed by atoms with Gasteiger partial charge in [0.1, 0.15) is 0 Å².